The third kappa shape index (κ3) is 5.03. The molecule has 7 heteroatoms. The van der Waals surface area contributed by atoms with Crippen LogP contribution in [0.1, 0.15) is 18.2 Å². The maximum atomic E-state index is 12.3. The zero-order valence-corrected chi connectivity index (χ0v) is 14.4. The zero-order valence-electron chi connectivity index (χ0n) is 12.8. The third-order valence-corrected chi connectivity index (χ3v) is 6.81. The van der Waals surface area contributed by atoms with Crippen LogP contribution in [-0.2, 0) is 16.4 Å². The number of likely N-dealkylation sites (N-methyl/N-ethyl adjacent to an activating group) is 1. The number of sulfonamides is 1. The Balaban J connectivity index is 1.87. The molecule has 0 spiro atoms. The highest BCUT2D eigenvalue weighted by molar-refractivity contribution is 7.91. The van der Waals surface area contributed by atoms with E-state index in [1.165, 1.54) is 11.3 Å². The first-order chi connectivity index (χ1) is 10.0. The standard InChI is InChI=1S/C14H25N3O2S2/c1-3-15-8-6-13-4-5-14(20-13)21(18,19)16-10-12-7-9-17(2)11-12/h4-5,12,15-16H,3,6-11H2,1-2H3. The fourth-order valence-electron chi connectivity index (χ4n) is 2.52. The van der Waals surface area contributed by atoms with Gasteiger partial charge in [0, 0.05) is 18.0 Å². The molecule has 0 radical (unpaired) electrons. The Hall–Kier alpha value is -0.470. The number of hydrogen-bond acceptors (Lipinski definition) is 5. The summed E-state index contributed by atoms with van der Waals surface area (Å²) in [6, 6.07) is 3.63. The Bertz CT molecular complexity index is 542. The first-order valence-electron chi connectivity index (χ1n) is 7.49. The van der Waals surface area contributed by atoms with Crippen LogP contribution >= 0.6 is 11.3 Å². The largest absolute Gasteiger partial charge is 0.317 e. The molecule has 1 saturated heterocycles. The molecule has 1 atom stereocenters. The lowest BCUT2D eigenvalue weighted by atomic mass is 10.1. The van der Waals surface area contributed by atoms with Crippen molar-refractivity contribution in [1.29, 1.82) is 0 Å². The van der Waals surface area contributed by atoms with Gasteiger partial charge in [0.15, 0.2) is 0 Å². The Morgan fingerprint density at radius 2 is 2.24 bits per heavy atom. The number of thiophene rings is 1. The van der Waals surface area contributed by atoms with Gasteiger partial charge in [-0.05, 0) is 57.6 Å². The van der Waals surface area contributed by atoms with E-state index in [1.54, 1.807) is 6.07 Å². The predicted octanol–water partition coefficient (Wildman–Crippen LogP) is 1.13. The maximum absolute atomic E-state index is 12.3. The fraction of sp³-hybridized carbons (Fsp3) is 0.714. The van der Waals surface area contributed by atoms with Gasteiger partial charge >= 0.3 is 0 Å². The molecule has 0 saturated carbocycles. The van der Waals surface area contributed by atoms with E-state index < -0.39 is 10.0 Å². The fourth-order valence-corrected chi connectivity index (χ4v) is 5.03. The molecule has 0 aliphatic carbocycles. The van der Waals surface area contributed by atoms with Gasteiger partial charge in [0.25, 0.3) is 0 Å². The van der Waals surface area contributed by atoms with E-state index in [9.17, 15) is 8.42 Å². The van der Waals surface area contributed by atoms with Gasteiger partial charge in [-0.3, -0.25) is 0 Å². The van der Waals surface area contributed by atoms with Crippen LogP contribution in [0.25, 0.3) is 0 Å². The minimum Gasteiger partial charge on any atom is -0.317 e. The summed E-state index contributed by atoms with van der Waals surface area (Å²) in [6.07, 6.45) is 1.94. The van der Waals surface area contributed by atoms with Crippen molar-refractivity contribution in [1.82, 2.24) is 14.9 Å². The topological polar surface area (TPSA) is 61.4 Å². The molecule has 5 nitrogen and oxygen atoms in total. The minimum atomic E-state index is -3.35. The van der Waals surface area contributed by atoms with Crippen LogP contribution in [-0.4, -0.2) is 53.1 Å². The molecule has 0 bridgehead atoms. The summed E-state index contributed by atoms with van der Waals surface area (Å²) in [5.41, 5.74) is 0. The minimum absolute atomic E-state index is 0.429. The van der Waals surface area contributed by atoms with Gasteiger partial charge < -0.3 is 10.2 Å². The maximum Gasteiger partial charge on any atom is 0.250 e. The number of hydrogen-bond donors (Lipinski definition) is 2. The second-order valence-corrected chi connectivity index (χ2v) is 8.76. The molecule has 2 heterocycles. The van der Waals surface area contributed by atoms with Crippen molar-refractivity contribution < 1.29 is 8.42 Å². The summed E-state index contributed by atoms with van der Waals surface area (Å²) in [6.45, 7) is 6.46. The molecular weight excluding hydrogens is 306 g/mol. The van der Waals surface area contributed by atoms with Gasteiger partial charge in [-0.2, -0.15) is 0 Å². The first kappa shape index (κ1) is 16.9. The van der Waals surface area contributed by atoms with Crippen molar-refractivity contribution in [2.75, 3.05) is 39.8 Å². The zero-order chi connectivity index (χ0) is 15.3. The van der Waals surface area contributed by atoms with Crippen LogP contribution in [0.15, 0.2) is 16.3 Å². The highest BCUT2D eigenvalue weighted by Crippen LogP contribution is 2.22. The van der Waals surface area contributed by atoms with Gasteiger partial charge in [0.2, 0.25) is 10.0 Å². The second kappa shape index (κ2) is 7.69. The quantitative estimate of drug-likeness (QED) is 0.701. The van der Waals surface area contributed by atoms with Crippen LogP contribution in [0.4, 0.5) is 0 Å². The predicted molar refractivity (Wildman–Crippen MR) is 87.4 cm³/mol. The highest BCUT2D eigenvalue weighted by Gasteiger charge is 2.23. The van der Waals surface area contributed by atoms with Crippen molar-refractivity contribution in [2.24, 2.45) is 5.92 Å². The SMILES string of the molecule is CCNCCc1ccc(S(=O)(=O)NCC2CCN(C)C2)s1. The molecule has 2 rings (SSSR count). The lowest BCUT2D eigenvalue weighted by Crippen LogP contribution is -2.30. The first-order valence-corrected chi connectivity index (χ1v) is 9.79. The van der Waals surface area contributed by atoms with Gasteiger partial charge in [0.05, 0.1) is 0 Å². The molecule has 2 N–H and O–H groups in total. The Labute approximate surface area is 131 Å². The summed E-state index contributed by atoms with van der Waals surface area (Å²) in [7, 11) is -1.27. The summed E-state index contributed by atoms with van der Waals surface area (Å²) in [4.78, 5) is 3.35. The Kier molecular flexibility index (Phi) is 6.19. The van der Waals surface area contributed by atoms with Crippen molar-refractivity contribution in [3.63, 3.8) is 0 Å². The molecule has 120 valence electrons. The lowest BCUT2D eigenvalue weighted by Gasteiger charge is -2.11. The molecule has 1 aromatic heterocycles. The van der Waals surface area contributed by atoms with Gasteiger partial charge in [-0.1, -0.05) is 6.92 Å². The molecule has 0 aromatic carbocycles. The van der Waals surface area contributed by atoms with Crippen LogP contribution in [0.3, 0.4) is 0 Å². The number of nitrogens with one attached hydrogen (secondary N) is 2. The average Bonchev–Trinajstić information content (AvgIpc) is 3.06. The van der Waals surface area contributed by atoms with E-state index >= 15 is 0 Å². The number of likely N-dealkylation sites (tertiary alicyclic amines) is 1. The van der Waals surface area contributed by atoms with Crippen molar-refractivity contribution >= 4 is 21.4 Å². The van der Waals surface area contributed by atoms with Crippen LogP contribution in [0, 0.1) is 5.92 Å². The summed E-state index contributed by atoms with van der Waals surface area (Å²) >= 11 is 1.37. The van der Waals surface area contributed by atoms with E-state index in [-0.39, 0.29) is 0 Å². The van der Waals surface area contributed by atoms with Crippen LogP contribution in [0.5, 0.6) is 0 Å². The van der Waals surface area contributed by atoms with E-state index in [4.69, 9.17) is 0 Å². The summed E-state index contributed by atoms with van der Waals surface area (Å²) < 4.78 is 27.8. The van der Waals surface area contributed by atoms with Crippen LogP contribution in [0.2, 0.25) is 0 Å². The lowest BCUT2D eigenvalue weighted by molar-refractivity contribution is 0.394. The third-order valence-electron chi connectivity index (χ3n) is 3.75. The summed E-state index contributed by atoms with van der Waals surface area (Å²) in [5.74, 6) is 0.429. The average molecular weight is 332 g/mol. The monoisotopic (exact) mass is 331 g/mol. The molecule has 1 unspecified atom stereocenters. The van der Waals surface area contributed by atoms with E-state index in [0.29, 0.717) is 16.7 Å². The van der Waals surface area contributed by atoms with Crippen molar-refractivity contribution in [3.8, 4) is 0 Å². The van der Waals surface area contributed by atoms with E-state index in [2.05, 4.69) is 28.9 Å². The number of rotatable bonds is 8. The molecule has 1 fully saturated rings. The molecular formula is C14H25N3O2S2. The van der Waals surface area contributed by atoms with Crippen molar-refractivity contribution in [3.05, 3.63) is 17.0 Å². The Morgan fingerprint density at radius 3 is 2.90 bits per heavy atom. The van der Waals surface area contributed by atoms with Gasteiger partial charge in [-0.15, -0.1) is 11.3 Å². The van der Waals surface area contributed by atoms with E-state index in [1.807, 2.05) is 6.07 Å². The molecule has 1 aromatic rings. The van der Waals surface area contributed by atoms with Gasteiger partial charge in [0.1, 0.15) is 4.21 Å². The molecule has 21 heavy (non-hydrogen) atoms. The number of nitrogens with zero attached hydrogens (tertiary/aromatic N) is 1. The van der Waals surface area contributed by atoms with Crippen LogP contribution < -0.4 is 10.0 Å². The van der Waals surface area contributed by atoms with Crippen molar-refractivity contribution in [2.45, 2.75) is 24.0 Å². The normalized spacial score (nSPS) is 20.2. The molecule has 1 aliphatic rings. The second-order valence-electron chi connectivity index (χ2n) is 5.59. The smallest absolute Gasteiger partial charge is 0.250 e. The summed E-state index contributed by atoms with van der Waals surface area (Å²) in [5, 5.41) is 3.25. The highest BCUT2D eigenvalue weighted by atomic mass is 32.2. The molecule has 1 aliphatic heterocycles. The Morgan fingerprint density at radius 1 is 1.43 bits per heavy atom. The van der Waals surface area contributed by atoms with Gasteiger partial charge in [-0.25, -0.2) is 13.1 Å². The molecule has 0 amide bonds. The van der Waals surface area contributed by atoms with E-state index in [0.717, 1.165) is 43.9 Å².